The fourth-order valence-electron chi connectivity index (χ4n) is 2.49. The van der Waals surface area contributed by atoms with E-state index in [1.165, 1.54) is 13.8 Å². The number of halogens is 3. The summed E-state index contributed by atoms with van der Waals surface area (Å²) in [5.74, 6) is -7.29. The second kappa shape index (κ2) is 6.86. The van der Waals surface area contributed by atoms with Gasteiger partial charge in [0.15, 0.2) is 23.1 Å². The maximum Gasteiger partial charge on any atom is 0.282 e. The largest absolute Gasteiger partial charge is 0.381 e. The molecule has 0 unspecified atom stereocenters. The molecule has 1 aliphatic rings. The molecule has 1 aromatic rings. The van der Waals surface area contributed by atoms with E-state index in [9.17, 15) is 27.9 Å². The van der Waals surface area contributed by atoms with Gasteiger partial charge in [-0.05, 0) is 39.8 Å². The van der Waals surface area contributed by atoms with Crippen LogP contribution < -0.4 is 5.32 Å². The highest BCUT2D eigenvalue weighted by Gasteiger charge is 2.40. The summed E-state index contributed by atoms with van der Waals surface area (Å²) in [4.78, 5) is 29.0. The normalized spacial score (nSPS) is 16.1. The zero-order valence-corrected chi connectivity index (χ0v) is 13.3. The summed E-state index contributed by atoms with van der Waals surface area (Å²) in [5.41, 5.74) is -2.89. The van der Waals surface area contributed by atoms with E-state index in [-0.39, 0.29) is 0 Å². The number of piperidine rings is 1. The summed E-state index contributed by atoms with van der Waals surface area (Å²) in [6.07, 6.45) is 1.15. The van der Waals surface area contributed by atoms with Crippen LogP contribution >= 0.6 is 0 Å². The van der Waals surface area contributed by atoms with Crippen molar-refractivity contribution in [3.05, 3.63) is 29.3 Å². The number of nitrogens with one attached hydrogen (secondary N) is 1. The molecule has 2 amide bonds. The lowest BCUT2D eigenvalue weighted by atomic mass is 10.00. The molecule has 0 saturated carbocycles. The minimum absolute atomic E-state index is 0.376. The molecule has 9 heteroatoms. The Balaban J connectivity index is 2.45. The van der Waals surface area contributed by atoms with Gasteiger partial charge < -0.3 is 10.4 Å². The van der Waals surface area contributed by atoms with Gasteiger partial charge in [0.05, 0.1) is 6.20 Å². The number of rotatable bonds is 3. The third kappa shape index (κ3) is 3.57. The van der Waals surface area contributed by atoms with E-state index >= 15 is 0 Å². The highest BCUT2D eigenvalue weighted by Crippen LogP contribution is 2.22. The summed E-state index contributed by atoms with van der Waals surface area (Å²) in [7, 11) is 0. The van der Waals surface area contributed by atoms with Crippen LogP contribution in [0.1, 0.15) is 37.2 Å². The maximum atomic E-state index is 13.9. The fourth-order valence-corrected chi connectivity index (χ4v) is 2.49. The smallest absolute Gasteiger partial charge is 0.282 e. The Labute approximate surface area is 136 Å². The van der Waals surface area contributed by atoms with Gasteiger partial charge in [-0.2, -0.15) is 0 Å². The van der Waals surface area contributed by atoms with Gasteiger partial charge in [0.1, 0.15) is 5.60 Å². The quantitative estimate of drug-likeness (QED) is 0.854. The van der Waals surface area contributed by atoms with Crippen LogP contribution in [-0.4, -0.2) is 51.5 Å². The Morgan fingerprint density at radius 2 is 1.83 bits per heavy atom. The first-order chi connectivity index (χ1) is 11.1. The van der Waals surface area contributed by atoms with Gasteiger partial charge in [0.25, 0.3) is 11.8 Å². The molecule has 1 fully saturated rings. The fraction of sp³-hybridized carbons (Fsp3) is 0.533. The molecule has 1 aromatic heterocycles. The molecule has 0 radical (unpaired) electrons. The van der Waals surface area contributed by atoms with Gasteiger partial charge >= 0.3 is 0 Å². The summed E-state index contributed by atoms with van der Waals surface area (Å²) >= 11 is 0. The van der Waals surface area contributed by atoms with Crippen LogP contribution in [0.2, 0.25) is 0 Å². The summed E-state index contributed by atoms with van der Waals surface area (Å²) in [6.45, 7) is 3.40. The Morgan fingerprint density at radius 3 is 2.38 bits per heavy atom. The predicted molar refractivity (Wildman–Crippen MR) is 77.5 cm³/mol. The monoisotopic (exact) mass is 345 g/mol. The number of imide groups is 1. The summed E-state index contributed by atoms with van der Waals surface area (Å²) < 4.78 is 40.3. The highest BCUT2D eigenvalue weighted by atomic mass is 19.2. The molecule has 2 rings (SSSR count). The number of carbonyl (C=O) groups is 2. The highest BCUT2D eigenvalue weighted by molar-refractivity contribution is 6.06. The van der Waals surface area contributed by atoms with Crippen LogP contribution in [0.15, 0.2) is 6.20 Å². The Hall–Kier alpha value is -2.00. The van der Waals surface area contributed by atoms with E-state index in [1.54, 1.807) is 0 Å². The molecular weight excluding hydrogens is 327 g/mol. The van der Waals surface area contributed by atoms with Crippen LogP contribution in [0.5, 0.6) is 0 Å². The van der Waals surface area contributed by atoms with Crippen molar-refractivity contribution in [2.24, 2.45) is 0 Å². The number of hydrogen-bond acceptors (Lipinski definition) is 5. The molecule has 0 aromatic carbocycles. The molecule has 24 heavy (non-hydrogen) atoms. The Kier molecular flexibility index (Phi) is 5.24. The van der Waals surface area contributed by atoms with Gasteiger partial charge in [-0.15, -0.1) is 0 Å². The summed E-state index contributed by atoms with van der Waals surface area (Å²) in [6, 6.07) is -0.605. The van der Waals surface area contributed by atoms with E-state index in [1.807, 2.05) is 0 Å². The lowest BCUT2D eigenvalue weighted by Crippen LogP contribution is -2.55. The van der Waals surface area contributed by atoms with E-state index in [2.05, 4.69) is 10.3 Å². The number of pyridine rings is 1. The van der Waals surface area contributed by atoms with Crippen molar-refractivity contribution in [1.82, 2.24) is 15.2 Å². The number of aromatic nitrogens is 1. The van der Waals surface area contributed by atoms with Gasteiger partial charge in [-0.25, -0.2) is 18.2 Å². The number of nitrogens with zero attached hydrogens (tertiary/aromatic N) is 2. The van der Waals surface area contributed by atoms with Gasteiger partial charge in [-0.1, -0.05) is 0 Å². The Bertz CT molecular complexity index is 655. The zero-order valence-electron chi connectivity index (χ0n) is 13.3. The SMILES string of the molecule is CC(C)(O)C(=O)N(C(=O)c1ncc(F)c(F)c1F)C1CCNCC1. The van der Waals surface area contributed by atoms with E-state index in [4.69, 9.17) is 0 Å². The van der Waals surface area contributed by atoms with Crippen LogP contribution in [0, 0.1) is 17.5 Å². The second-order valence-corrected chi connectivity index (χ2v) is 6.10. The van der Waals surface area contributed by atoms with Gasteiger partial charge in [-0.3, -0.25) is 14.5 Å². The number of hydrogen-bond donors (Lipinski definition) is 2. The molecule has 0 bridgehead atoms. The number of amides is 2. The van der Waals surface area contributed by atoms with Crippen molar-refractivity contribution >= 4 is 11.8 Å². The molecule has 2 N–H and O–H groups in total. The average Bonchev–Trinajstić information content (AvgIpc) is 2.53. The van der Waals surface area contributed by atoms with Gasteiger partial charge in [0, 0.05) is 6.04 Å². The molecule has 0 atom stereocenters. The number of carbonyl (C=O) groups excluding carboxylic acids is 2. The van der Waals surface area contributed by atoms with Crippen molar-refractivity contribution in [1.29, 1.82) is 0 Å². The second-order valence-electron chi connectivity index (χ2n) is 6.10. The van der Waals surface area contributed by atoms with Crippen molar-refractivity contribution in [2.45, 2.75) is 38.3 Å². The van der Waals surface area contributed by atoms with E-state index in [0.29, 0.717) is 37.0 Å². The first kappa shape index (κ1) is 18.3. The third-order valence-corrected chi connectivity index (χ3v) is 3.75. The van der Waals surface area contributed by atoms with Crippen molar-refractivity contribution < 1.29 is 27.9 Å². The Morgan fingerprint density at radius 1 is 1.25 bits per heavy atom. The number of aliphatic hydroxyl groups is 1. The minimum Gasteiger partial charge on any atom is -0.381 e. The molecule has 1 saturated heterocycles. The molecule has 2 heterocycles. The zero-order chi connectivity index (χ0) is 18.1. The molecule has 0 spiro atoms. The standard InChI is InChI=1S/C15H18F3N3O3/c1-15(2,24)14(23)21(8-3-5-19-6-4-8)13(22)12-11(18)10(17)9(16)7-20-12/h7-8,19,24H,3-6H2,1-2H3. The molecule has 1 aliphatic heterocycles. The molecular formula is C15H18F3N3O3. The van der Waals surface area contributed by atoms with Crippen LogP contribution in [-0.2, 0) is 4.79 Å². The van der Waals surface area contributed by atoms with Crippen LogP contribution in [0.3, 0.4) is 0 Å². The van der Waals surface area contributed by atoms with Crippen LogP contribution in [0.25, 0.3) is 0 Å². The van der Waals surface area contributed by atoms with Crippen LogP contribution in [0.4, 0.5) is 13.2 Å². The topological polar surface area (TPSA) is 82.5 Å². The lowest BCUT2D eigenvalue weighted by Gasteiger charge is -2.35. The molecule has 6 nitrogen and oxygen atoms in total. The average molecular weight is 345 g/mol. The van der Waals surface area contributed by atoms with Crippen molar-refractivity contribution in [3.8, 4) is 0 Å². The maximum absolute atomic E-state index is 13.9. The van der Waals surface area contributed by atoms with Crippen molar-refractivity contribution in [3.63, 3.8) is 0 Å². The first-order valence-corrected chi connectivity index (χ1v) is 7.45. The van der Waals surface area contributed by atoms with Crippen molar-refractivity contribution in [2.75, 3.05) is 13.1 Å². The molecule has 0 aliphatic carbocycles. The first-order valence-electron chi connectivity index (χ1n) is 7.45. The molecule has 132 valence electrons. The van der Waals surface area contributed by atoms with E-state index < -0.39 is 46.6 Å². The van der Waals surface area contributed by atoms with Gasteiger partial charge in [0.2, 0.25) is 0 Å². The summed E-state index contributed by atoms with van der Waals surface area (Å²) in [5, 5.41) is 13.0. The third-order valence-electron chi connectivity index (χ3n) is 3.75. The predicted octanol–water partition coefficient (Wildman–Crippen LogP) is 0.991. The van der Waals surface area contributed by atoms with E-state index in [0.717, 1.165) is 0 Å². The minimum atomic E-state index is -1.89. The lowest BCUT2D eigenvalue weighted by molar-refractivity contribution is -0.147.